The fourth-order valence-electron chi connectivity index (χ4n) is 7.59. The third-order valence-electron chi connectivity index (χ3n) is 10.0. The number of aliphatic hydroxyl groups is 1. The molecule has 4 rings (SSSR count). The zero-order valence-corrected chi connectivity index (χ0v) is 19.7. The van der Waals surface area contributed by atoms with Crippen LogP contribution in [0.25, 0.3) is 0 Å². The van der Waals surface area contributed by atoms with Gasteiger partial charge in [0.2, 0.25) is 0 Å². The van der Waals surface area contributed by atoms with E-state index in [2.05, 4.69) is 65.8 Å². The first-order chi connectivity index (χ1) is 13.7. The molecule has 0 aromatic rings. The average Bonchev–Trinajstić information content (AvgIpc) is 3.03. The molecule has 4 unspecified atom stereocenters. The Bertz CT molecular complexity index is 712. The highest BCUT2D eigenvalue weighted by Crippen LogP contribution is 2.65. The van der Waals surface area contributed by atoms with Crippen molar-refractivity contribution >= 4 is 0 Å². The van der Waals surface area contributed by atoms with Crippen LogP contribution in [0.1, 0.15) is 86.5 Å². The molecule has 3 saturated carbocycles. The quantitative estimate of drug-likeness (QED) is 0.493. The molecule has 162 valence electrons. The zero-order chi connectivity index (χ0) is 21.0. The van der Waals surface area contributed by atoms with Gasteiger partial charge in [0.1, 0.15) is 0 Å². The molecule has 4 aliphatic carbocycles. The molecule has 0 radical (unpaired) electrons. The van der Waals surface area contributed by atoms with Crippen LogP contribution in [0.15, 0.2) is 35.5 Å². The van der Waals surface area contributed by atoms with Gasteiger partial charge in [0.05, 0.1) is 6.10 Å². The van der Waals surface area contributed by atoms with Crippen molar-refractivity contribution in [1.29, 1.82) is 0 Å². The Kier molecular flexibility index (Phi) is 5.69. The highest BCUT2D eigenvalue weighted by atomic mass is 16.3. The van der Waals surface area contributed by atoms with Gasteiger partial charge in [-0.2, -0.15) is 0 Å². The van der Waals surface area contributed by atoms with Crippen LogP contribution in [-0.4, -0.2) is 11.2 Å². The number of aliphatic hydroxyl groups excluding tert-OH is 1. The molecular formula is C28H44O. The summed E-state index contributed by atoms with van der Waals surface area (Å²) in [6.07, 6.45) is 18.4. The lowest BCUT2D eigenvalue weighted by Crippen LogP contribution is -2.46. The van der Waals surface area contributed by atoms with Crippen molar-refractivity contribution in [3.63, 3.8) is 0 Å². The Labute approximate surface area is 179 Å². The van der Waals surface area contributed by atoms with Crippen molar-refractivity contribution in [1.82, 2.24) is 0 Å². The number of rotatable bonds is 4. The number of allylic oxidation sites excluding steroid dienone is 5. The summed E-state index contributed by atoms with van der Waals surface area (Å²) >= 11 is 0. The lowest BCUT2D eigenvalue weighted by molar-refractivity contribution is 0.0382. The number of hydrogen-bond acceptors (Lipinski definition) is 1. The van der Waals surface area contributed by atoms with E-state index >= 15 is 0 Å². The highest BCUT2D eigenvalue weighted by molar-refractivity contribution is 5.39. The molecule has 1 heteroatoms. The van der Waals surface area contributed by atoms with Crippen molar-refractivity contribution < 1.29 is 5.11 Å². The minimum absolute atomic E-state index is 0.116. The predicted octanol–water partition coefficient (Wildman–Crippen LogP) is 7.33. The summed E-state index contributed by atoms with van der Waals surface area (Å²) in [6, 6.07) is 0. The van der Waals surface area contributed by atoms with Crippen LogP contribution < -0.4 is 0 Å². The lowest BCUT2D eigenvalue weighted by atomic mass is 9.50. The van der Waals surface area contributed by atoms with E-state index in [0.29, 0.717) is 22.7 Å². The zero-order valence-electron chi connectivity index (χ0n) is 19.7. The van der Waals surface area contributed by atoms with Crippen LogP contribution in [0, 0.1) is 46.3 Å². The molecule has 29 heavy (non-hydrogen) atoms. The molecule has 0 heterocycles. The van der Waals surface area contributed by atoms with E-state index in [4.69, 9.17) is 0 Å². The maximum atomic E-state index is 10.2. The summed E-state index contributed by atoms with van der Waals surface area (Å²) in [5, 5.41) is 10.2. The minimum Gasteiger partial charge on any atom is -0.393 e. The molecule has 4 aliphatic rings. The molecule has 0 aliphatic heterocycles. The van der Waals surface area contributed by atoms with E-state index < -0.39 is 0 Å². The van der Waals surface area contributed by atoms with Gasteiger partial charge >= 0.3 is 0 Å². The van der Waals surface area contributed by atoms with Gasteiger partial charge in [-0.3, -0.25) is 0 Å². The summed E-state index contributed by atoms with van der Waals surface area (Å²) in [6.45, 7) is 14.6. The second kappa shape index (κ2) is 7.70. The Hall–Kier alpha value is -0.820. The summed E-state index contributed by atoms with van der Waals surface area (Å²) in [4.78, 5) is 0. The molecule has 8 atom stereocenters. The molecule has 1 nitrogen and oxygen atoms in total. The number of hydrogen-bond donors (Lipinski definition) is 1. The Morgan fingerprint density at radius 1 is 0.931 bits per heavy atom. The van der Waals surface area contributed by atoms with Gasteiger partial charge < -0.3 is 5.11 Å². The summed E-state index contributed by atoms with van der Waals surface area (Å²) in [7, 11) is 0. The smallest absolute Gasteiger partial charge is 0.0578 e. The van der Waals surface area contributed by atoms with Crippen LogP contribution in [-0.2, 0) is 0 Å². The van der Waals surface area contributed by atoms with Gasteiger partial charge in [0.25, 0.3) is 0 Å². The van der Waals surface area contributed by atoms with Crippen LogP contribution in [0.2, 0.25) is 0 Å². The average molecular weight is 397 g/mol. The van der Waals surface area contributed by atoms with Crippen molar-refractivity contribution in [3.05, 3.63) is 35.5 Å². The first kappa shape index (κ1) is 21.4. The molecule has 0 saturated heterocycles. The SMILES string of the molecule is CC(C)C(C)/C=C/[C@@H](C)C1CCC2C3=CC=C4C[C@@H](O)CC[C@]4(C)C3CC[C@@]21C. The van der Waals surface area contributed by atoms with E-state index in [1.807, 2.05) is 0 Å². The molecule has 1 N–H and O–H groups in total. The molecule has 0 bridgehead atoms. The van der Waals surface area contributed by atoms with Gasteiger partial charge in [0.15, 0.2) is 0 Å². The van der Waals surface area contributed by atoms with Crippen LogP contribution in [0.3, 0.4) is 0 Å². The molecular weight excluding hydrogens is 352 g/mol. The van der Waals surface area contributed by atoms with E-state index in [1.165, 1.54) is 37.7 Å². The van der Waals surface area contributed by atoms with Crippen LogP contribution in [0.5, 0.6) is 0 Å². The molecule has 3 fully saturated rings. The first-order valence-corrected chi connectivity index (χ1v) is 12.4. The van der Waals surface area contributed by atoms with Gasteiger partial charge in [-0.1, -0.05) is 77.0 Å². The first-order valence-electron chi connectivity index (χ1n) is 12.4. The maximum absolute atomic E-state index is 10.2. The second-order valence-corrected chi connectivity index (χ2v) is 11.9. The van der Waals surface area contributed by atoms with Gasteiger partial charge in [-0.15, -0.1) is 0 Å². The summed E-state index contributed by atoms with van der Waals surface area (Å²) in [5.41, 5.74) is 4.07. The normalized spacial score (nSPS) is 44.0. The van der Waals surface area contributed by atoms with E-state index in [1.54, 1.807) is 5.57 Å². The summed E-state index contributed by atoms with van der Waals surface area (Å²) < 4.78 is 0. The topological polar surface area (TPSA) is 20.2 Å². The van der Waals surface area contributed by atoms with Crippen LogP contribution in [0.4, 0.5) is 0 Å². The van der Waals surface area contributed by atoms with E-state index in [0.717, 1.165) is 36.5 Å². The molecule has 0 aromatic carbocycles. The fourth-order valence-corrected chi connectivity index (χ4v) is 7.59. The largest absolute Gasteiger partial charge is 0.393 e. The lowest BCUT2D eigenvalue weighted by Gasteiger charge is -2.55. The van der Waals surface area contributed by atoms with E-state index in [-0.39, 0.29) is 6.10 Å². The van der Waals surface area contributed by atoms with Gasteiger partial charge in [0, 0.05) is 0 Å². The van der Waals surface area contributed by atoms with E-state index in [9.17, 15) is 5.11 Å². The van der Waals surface area contributed by atoms with Crippen molar-refractivity contribution in [3.8, 4) is 0 Å². The molecule has 0 amide bonds. The monoisotopic (exact) mass is 396 g/mol. The minimum atomic E-state index is -0.116. The standard InChI is InChI=1S/C28H44O/c1-18(2)19(3)7-8-20(4)24-11-12-25-23-10-9-21-17-22(29)13-15-27(21,5)26(23)14-16-28(24,25)6/h7-10,18-20,22,24-26,29H,11-17H2,1-6H3/b8-7+/t19?,20-,22+,24?,25?,26?,27+,28-/m1/s1. The molecule has 0 spiro atoms. The Morgan fingerprint density at radius 3 is 2.41 bits per heavy atom. The third kappa shape index (κ3) is 3.50. The van der Waals surface area contributed by atoms with Crippen LogP contribution >= 0.6 is 0 Å². The third-order valence-corrected chi connectivity index (χ3v) is 10.0. The Morgan fingerprint density at radius 2 is 1.69 bits per heavy atom. The van der Waals surface area contributed by atoms with Gasteiger partial charge in [-0.25, -0.2) is 0 Å². The highest BCUT2D eigenvalue weighted by Gasteiger charge is 2.56. The van der Waals surface area contributed by atoms with Crippen molar-refractivity contribution in [2.45, 2.75) is 92.6 Å². The Balaban J connectivity index is 1.57. The molecule has 0 aromatic heterocycles. The van der Waals surface area contributed by atoms with Gasteiger partial charge in [-0.05, 0) is 91.3 Å². The fraction of sp³-hybridized carbons (Fsp3) is 0.786. The predicted molar refractivity (Wildman–Crippen MR) is 123 cm³/mol. The number of fused-ring (bicyclic) bond motifs is 5. The maximum Gasteiger partial charge on any atom is 0.0578 e. The second-order valence-electron chi connectivity index (χ2n) is 11.9. The van der Waals surface area contributed by atoms with Crippen molar-refractivity contribution in [2.75, 3.05) is 0 Å². The summed E-state index contributed by atoms with van der Waals surface area (Å²) in [5.74, 6) is 4.38. The van der Waals surface area contributed by atoms with Crippen molar-refractivity contribution in [2.24, 2.45) is 46.3 Å².